The van der Waals surface area contributed by atoms with Gasteiger partial charge in [-0.2, -0.15) is 0 Å². The van der Waals surface area contributed by atoms with E-state index >= 15 is 0 Å². The maximum Gasteiger partial charge on any atom is 0.408 e. The minimum atomic E-state index is -1.19. The number of nitrogens with one attached hydrogen (secondary N) is 2. The smallest absolute Gasteiger partial charge is 0.408 e. The number of likely N-dealkylation sites (tertiary alicyclic amines) is 1. The lowest BCUT2D eigenvalue weighted by Gasteiger charge is -2.41. The average Bonchev–Trinajstić information content (AvgIpc) is 3.87. The van der Waals surface area contributed by atoms with Crippen LogP contribution in [0.1, 0.15) is 122 Å². The quantitative estimate of drug-likeness (QED) is 0.210. The lowest BCUT2D eigenvalue weighted by Crippen LogP contribution is -2.63. The molecule has 0 aliphatic carbocycles. The van der Waals surface area contributed by atoms with Gasteiger partial charge in [0, 0.05) is 60.6 Å². The molecule has 2 aromatic heterocycles. The maximum absolute atomic E-state index is 14.6. The number of aromatic nitrogens is 2. The monoisotopic (exact) mass is 915 g/mol. The summed E-state index contributed by atoms with van der Waals surface area (Å²) in [5.74, 6) is 0.124. The van der Waals surface area contributed by atoms with Crippen LogP contribution in [-0.4, -0.2) is 131 Å². The average molecular weight is 916 g/mol. The fourth-order valence-electron chi connectivity index (χ4n) is 9.93. The number of rotatable bonds is 9. The number of ether oxygens (including phenoxy) is 5. The molecule has 6 bridgehead atoms. The third-order valence-electron chi connectivity index (χ3n) is 13.5. The molecule has 15 nitrogen and oxygen atoms in total. The van der Waals surface area contributed by atoms with E-state index in [1.54, 1.807) is 27.9 Å². The van der Waals surface area contributed by atoms with Gasteiger partial charge in [-0.3, -0.25) is 29.5 Å². The number of hydrogen-bond acceptors (Lipinski definition) is 13. The number of nitrogens with zero attached hydrogens (tertiary/aromatic N) is 5. The Morgan fingerprint density at radius 3 is 2.52 bits per heavy atom. The largest absolute Gasteiger partial charge is 0.464 e. The molecule has 1 unspecified atom stereocenters. The number of pyridine rings is 1. The Labute approximate surface area is 388 Å². The molecule has 3 fully saturated rings. The van der Waals surface area contributed by atoms with Gasteiger partial charge in [-0.1, -0.05) is 19.9 Å². The second kappa shape index (κ2) is 19.7. The van der Waals surface area contributed by atoms with Crippen LogP contribution >= 0.6 is 11.8 Å². The van der Waals surface area contributed by atoms with Crippen LogP contribution < -0.4 is 10.7 Å². The zero-order valence-electron chi connectivity index (χ0n) is 39.7. The number of aliphatic imine (C=N–C) groups is 1. The highest BCUT2D eigenvalue weighted by Gasteiger charge is 2.43. The molecule has 354 valence electrons. The van der Waals surface area contributed by atoms with Gasteiger partial charge in [-0.25, -0.2) is 10.2 Å². The van der Waals surface area contributed by atoms with E-state index in [4.69, 9.17) is 33.7 Å². The van der Waals surface area contributed by atoms with E-state index in [2.05, 4.69) is 78.4 Å². The van der Waals surface area contributed by atoms with Gasteiger partial charge >= 0.3 is 12.1 Å². The summed E-state index contributed by atoms with van der Waals surface area (Å²) in [6.07, 6.45) is 3.93. The van der Waals surface area contributed by atoms with Gasteiger partial charge in [0.15, 0.2) is 0 Å². The van der Waals surface area contributed by atoms with Gasteiger partial charge in [-0.15, -0.1) is 11.8 Å². The van der Waals surface area contributed by atoms with Gasteiger partial charge in [0.25, 0.3) is 5.91 Å². The number of alkyl carbamates (subject to hydrolysis) is 1. The topological polar surface area (TPSA) is 158 Å². The number of methoxy groups -OCH3 is 1. The van der Waals surface area contributed by atoms with E-state index in [-0.39, 0.29) is 25.4 Å². The molecule has 3 aromatic rings. The molecule has 16 heteroatoms. The first kappa shape index (κ1) is 47.4. The second-order valence-corrected chi connectivity index (χ2v) is 21.0. The molecule has 2 N–H and O–H groups in total. The normalized spacial score (nSPS) is 25.4. The Morgan fingerprint density at radius 1 is 1.08 bits per heavy atom. The fraction of sp³-hybridized carbons (Fsp3) is 0.653. The molecular weight excluding hydrogens is 847 g/mol. The van der Waals surface area contributed by atoms with E-state index in [9.17, 15) is 14.4 Å². The summed E-state index contributed by atoms with van der Waals surface area (Å²) in [5, 5.41) is 5.98. The zero-order chi connectivity index (χ0) is 46.2. The standard InChI is InChI=1S/C49H69N7O8S/c1-10-55-39-15-14-31-21-34(39)36(42(55)35-22-32(24-50-40(35)29(3)60-9)30-16-19-54(20-17-30)33-25-61-26-33)23-49(7,8)28-63-46(58)37-13-12-18-56(53-37)45(57)41(52-47(59)64-48(4,5)6)43(62-11-2)44-51-38(31)27-65-44/h14-15,21-22,24,29-30,33,37-38,41,43,53H,10-13,16-20,23,25-28H2,1-9H3,(H,52,59)/t29-,37-,38?,41-,43-/m0/s1. The van der Waals surface area contributed by atoms with Crippen molar-refractivity contribution in [2.24, 2.45) is 10.4 Å². The molecule has 5 aliphatic rings. The summed E-state index contributed by atoms with van der Waals surface area (Å²) in [6, 6.07) is 7.36. The number of hydrazine groups is 1. The van der Waals surface area contributed by atoms with Crippen molar-refractivity contribution in [3.63, 3.8) is 0 Å². The zero-order valence-corrected chi connectivity index (χ0v) is 40.6. The van der Waals surface area contributed by atoms with E-state index in [1.165, 1.54) is 22.3 Å². The van der Waals surface area contributed by atoms with Gasteiger partial charge < -0.3 is 33.6 Å². The SMILES string of the molecule is CCO[C@@H]1C2=NC(CS2)c2ccc3c(c2)c(c(-c2cc(C4CCN(C5COC5)CC4)cnc2[C@H](C)OC)n3CC)CC(C)(C)COC(=O)[C@@H]2CCCN(N2)C(=O)[C@H]1NC(=O)OC(C)(C)C. The molecule has 8 rings (SSSR count). The summed E-state index contributed by atoms with van der Waals surface area (Å²) in [4.78, 5) is 55.0. The van der Waals surface area contributed by atoms with Crippen molar-refractivity contribution in [1.82, 2.24) is 30.2 Å². The van der Waals surface area contributed by atoms with E-state index in [0.717, 1.165) is 84.7 Å². The summed E-state index contributed by atoms with van der Waals surface area (Å²) < 4.78 is 32.1. The van der Waals surface area contributed by atoms with Crippen molar-refractivity contribution in [3.8, 4) is 11.3 Å². The number of carbonyl (C=O) groups excluding carboxylic acids is 3. The predicted molar refractivity (Wildman–Crippen MR) is 252 cm³/mol. The molecule has 65 heavy (non-hydrogen) atoms. The number of fused-ring (bicyclic) bond motifs is 5. The van der Waals surface area contributed by atoms with Crippen molar-refractivity contribution < 1.29 is 38.1 Å². The maximum atomic E-state index is 14.6. The van der Waals surface area contributed by atoms with E-state index in [1.807, 2.05) is 6.92 Å². The summed E-state index contributed by atoms with van der Waals surface area (Å²) >= 11 is 1.53. The molecule has 3 saturated heterocycles. The lowest BCUT2D eigenvalue weighted by molar-refractivity contribution is -0.155. The van der Waals surface area contributed by atoms with Crippen LogP contribution in [0.2, 0.25) is 0 Å². The predicted octanol–water partition coefficient (Wildman–Crippen LogP) is 7.11. The molecule has 5 aliphatic heterocycles. The molecule has 5 atom stereocenters. The third-order valence-corrected chi connectivity index (χ3v) is 14.6. The second-order valence-electron chi connectivity index (χ2n) is 20.0. The van der Waals surface area contributed by atoms with Gasteiger partial charge in [-0.05, 0) is 128 Å². The number of amides is 2. The number of benzene rings is 1. The first-order chi connectivity index (χ1) is 31.1. The Kier molecular flexibility index (Phi) is 14.3. The van der Waals surface area contributed by atoms with Gasteiger partial charge in [0.2, 0.25) is 0 Å². The first-order valence-corrected chi connectivity index (χ1v) is 24.6. The number of esters is 1. The van der Waals surface area contributed by atoms with Crippen molar-refractivity contribution in [2.75, 3.05) is 58.9 Å². The number of aryl methyl sites for hydroxylation is 1. The van der Waals surface area contributed by atoms with Crippen LogP contribution in [0, 0.1) is 5.41 Å². The lowest BCUT2D eigenvalue weighted by atomic mass is 9.83. The molecule has 0 radical (unpaired) electrons. The number of hydrogen-bond donors (Lipinski definition) is 2. The van der Waals surface area contributed by atoms with E-state index in [0.29, 0.717) is 48.6 Å². The molecular formula is C49H69N7O8S. The van der Waals surface area contributed by atoms with Crippen LogP contribution in [0.15, 0.2) is 35.5 Å². The third kappa shape index (κ3) is 10.3. The molecule has 0 saturated carbocycles. The Bertz CT molecular complexity index is 2260. The Morgan fingerprint density at radius 2 is 1.85 bits per heavy atom. The van der Waals surface area contributed by atoms with Crippen molar-refractivity contribution in [1.29, 1.82) is 0 Å². The van der Waals surface area contributed by atoms with Crippen molar-refractivity contribution in [3.05, 3.63) is 52.8 Å². The fourth-order valence-corrected chi connectivity index (χ4v) is 11.1. The van der Waals surface area contributed by atoms with Crippen LogP contribution in [0.5, 0.6) is 0 Å². The number of carbonyl (C=O) groups is 3. The van der Waals surface area contributed by atoms with Gasteiger partial charge in [0.05, 0.1) is 49.4 Å². The molecule has 0 spiro atoms. The van der Waals surface area contributed by atoms with Crippen LogP contribution in [0.25, 0.3) is 22.2 Å². The van der Waals surface area contributed by atoms with Crippen LogP contribution in [0.4, 0.5) is 4.79 Å². The van der Waals surface area contributed by atoms with Crippen molar-refractivity contribution in [2.45, 2.75) is 142 Å². The van der Waals surface area contributed by atoms with Gasteiger partial charge in [0.1, 0.15) is 28.8 Å². The molecule has 7 heterocycles. The minimum absolute atomic E-state index is 0.155. The van der Waals surface area contributed by atoms with Crippen LogP contribution in [-0.2, 0) is 46.2 Å². The minimum Gasteiger partial charge on any atom is -0.464 e. The summed E-state index contributed by atoms with van der Waals surface area (Å²) in [6.45, 7) is 20.9. The highest BCUT2D eigenvalue weighted by atomic mass is 32.2. The summed E-state index contributed by atoms with van der Waals surface area (Å²) in [5.41, 5.74) is 9.44. The number of piperidine rings is 1. The van der Waals surface area contributed by atoms with E-state index < -0.39 is 47.2 Å². The highest BCUT2D eigenvalue weighted by molar-refractivity contribution is 8.14. The Balaban J connectivity index is 1.25. The summed E-state index contributed by atoms with van der Waals surface area (Å²) in [7, 11) is 1.74. The molecule has 2 amide bonds. The molecule has 1 aromatic carbocycles. The van der Waals surface area contributed by atoms with Crippen molar-refractivity contribution >= 4 is 45.7 Å². The number of thioether (sulfide) groups is 1. The highest BCUT2D eigenvalue weighted by Crippen LogP contribution is 2.44. The van der Waals surface area contributed by atoms with Crippen LogP contribution in [0.3, 0.4) is 0 Å². The Hall–Kier alpha value is -4.06. The first-order valence-electron chi connectivity index (χ1n) is 23.6. The number of cyclic esters (lactones) is 1.